The molecular formula is C35H69N5O8. The van der Waals surface area contributed by atoms with Crippen LogP contribution in [0.5, 0.6) is 0 Å². The molecule has 0 saturated heterocycles. The van der Waals surface area contributed by atoms with Crippen molar-refractivity contribution in [2.75, 3.05) is 52.4 Å². The molecule has 0 aliphatic rings. The molecule has 0 aliphatic carbocycles. The summed E-state index contributed by atoms with van der Waals surface area (Å²) in [6.45, 7) is 25.4. The number of nitrogens with one attached hydrogen (secondary N) is 1. The van der Waals surface area contributed by atoms with Gasteiger partial charge in [0.05, 0.1) is 0 Å². The van der Waals surface area contributed by atoms with Crippen LogP contribution in [0.15, 0.2) is 0 Å². The molecule has 0 spiro atoms. The van der Waals surface area contributed by atoms with Gasteiger partial charge in [-0.3, -0.25) is 0 Å². The third kappa shape index (κ3) is 25.1. The van der Waals surface area contributed by atoms with Crippen LogP contribution in [-0.2, 0) is 18.9 Å². The Labute approximate surface area is 290 Å². The van der Waals surface area contributed by atoms with E-state index in [1.807, 2.05) is 62.3 Å². The van der Waals surface area contributed by atoms with Crippen molar-refractivity contribution in [2.24, 2.45) is 5.73 Å². The molecule has 282 valence electrons. The van der Waals surface area contributed by atoms with Crippen molar-refractivity contribution in [3.63, 3.8) is 0 Å². The van der Waals surface area contributed by atoms with Crippen LogP contribution in [0.2, 0.25) is 0 Å². The van der Waals surface area contributed by atoms with Crippen LogP contribution in [0, 0.1) is 0 Å². The maximum absolute atomic E-state index is 13.2. The molecule has 0 fully saturated rings. The summed E-state index contributed by atoms with van der Waals surface area (Å²) in [7, 11) is 0. The van der Waals surface area contributed by atoms with Crippen molar-refractivity contribution < 1.29 is 38.1 Å². The van der Waals surface area contributed by atoms with E-state index >= 15 is 0 Å². The van der Waals surface area contributed by atoms with Gasteiger partial charge >= 0.3 is 24.4 Å². The lowest BCUT2D eigenvalue weighted by Gasteiger charge is -2.30. The lowest BCUT2D eigenvalue weighted by Crippen LogP contribution is -2.42. The van der Waals surface area contributed by atoms with E-state index in [1.54, 1.807) is 35.5 Å². The summed E-state index contributed by atoms with van der Waals surface area (Å²) in [5.41, 5.74) is 3.10. The number of nitrogens with zero attached hydrogens (tertiary/aromatic N) is 3. The summed E-state index contributed by atoms with van der Waals surface area (Å²) in [6, 6.07) is 0. The van der Waals surface area contributed by atoms with Crippen molar-refractivity contribution in [2.45, 2.75) is 150 Å². The number of hydrogen-bond donors (Lipinski definition) is 2. The maximum Gasteiger partial charge on any atom is 0.410 e. The van der Waals surface area contributed by atoms with Gasteiger partial charge in [0.2, 0.25) is 0 Å². The molecule has 0 atom stereocenters. The van der Waals surface area contributed by atoms with Crippen molar-refractivity contribution in [3.05, 3.63) is 0 Å². The second-order valence-electron chi connectivity index (χ2n) is 16.1. The van der Waals surface area contributed by atoms with E-state index < -0.39 is 40.7 Å². The molecule has 0 radical (unpaired) electrons. The lowest BCUT2D eigenvalue weighted by atomic mass is 10.2. The minimum Gasteiger partial charge on any atom is -0.444 e. The SMILES string of the molecule is CC(C)(C)OC(=O)NCCCN(CCCCN(CCCN(CCCCCN)C(=O)OC(C)(C)C)C(=O)OC(C)(C)C)C(=O)OC(C)(C)C. The Bertz CT molecular complexity index is 964. The predicted molar refractivity (Wildman–Crippen MR) is 189 cm³/mol. The van der Waals surface area contributed by atoms with Gasteiger partial charge in [0.15, 0.2) is 0 Å². The first-order chi connectivity index (χ1) is 21.9. The summed E-state index contributed by atoms with van der Waals surface area (Å²) < 4.78 is 22.2. The number of carbonyl (C=O) groups is 4. The van der Waals surface area contributed by atoms with Crippen LogP contribution < -0.4 is 11.1 Å². The number of nitrogens with two attached hydrogens (primary N) is 1. The molecule has 0 aromatic carbocycles. The first kappa shape index (κ1) is 45.0. The number of carbonyl (C=O) groups excluding carboxylic acids is 4. The van der Waals surface area contributed by atoms with Gasteiger partial charge in [-0.15, -0.1) is 0 Å². The second-order valence-corrected chi connectivity index (χ2v) is 16.1. The molecule has 3 N–H and O–H groups in total. The zero-order valence-electron chi connectivity index (χ0n) is 32.3. The van der Waals surface area contributed by atoms with E-state index in [4.69, 9.17) is 24.7 Å². The Morgan fingerprint density at radius 2 is 0.771 bits per heavy atom. The molecule has 0 aromatic rings. The number of alkyl carbamates (subject to hydrolysis) is 1. The van der Waals surface area contributed by atoms with Gasteiger partial charge in [-0.1, -0.05) is 6.42 Å². The van der Waals surface area contributed by atoms with Gasteiger partial charge in [-0.2, -0.15) is 0 Å². The number of unbranched alkanes of at least 4 members (excludes halogenated alkanes) is 3. The molecule has 4 amide bonds. The number of ether oxygens (including phenoxy) is 4. The van der Waals surface area contributed by atoms with Crippen molar-refractivity contribution in [1.29, 1.82) is 0 Å². The standard InChI is InChI=1S/C35H69N5O8/c1-32(2,3)45-28(41)37-21-18-25-38(29(42)46-33(4,5)6)23-16-17-24-40(31(44)48-35(10,11)12)27-19-26-39(22-15-13-14-20-36)30(43)47-34(7,8)9/h13-27,36H2,1-12H3,(H,37,41). The van der Waals surface area contributed by atoms with E-state index in [9.17, 15) is 19.2 Å². The maximum atomic E-state index is 13.2. The topological polar surface area (TPSA) is 153 Å². The van der Waals surface area contributed by atoms with Crippen LogP contribution in [-0.4, -0.2) is 114 Å². The van der Waals surface area contributed by atoms with Gasteiger partial charge in [0, 0.05) is 45.8 Å². The van der Waals surface area contributed by atoms with E-state index in [-0.39, 0.29) is 6.09 Å². The van der Waals surface area contributed by atoms with Gasteiger partial charge < -0.3 is 44.7 Å². The molecule has 0 aromatic heterocycles. The van der Waals surface area contributed by atoms with Crippen molar-refractivity contribution in [3.8, 4) is 0 Å². The van der Waals surface area contributed by atoms with Gasteiger partial charge in [0.25, 0.3) is 0 Å². The predicted octanol–water partition coefficient (Wildman–Crippen LogP) is 6.91. The fourth-order valence-electron chi connectivity index (χ4n) is 4.32. The summed E-state index contributed by atoms with van der Waals surface area (Å²) in [6.07, 6.45) is 3.18. The van der Waals surface area contributed by atoms with Crippen molar-refractivity contribution in [1.82, 2.24) is 20.0 Å². The summed E-state index contributed by atoms with van der Waals surface area (Å²) in [4.78, 5) is 56.1. The monoisotopic (exact) mass is 688 g/mol. The highest BCUT2D eigenvalue weighted by Crippen LogP contribution is 2.15. The fraction of sp³-hybridized carbons (Fsp3) is 0.886. The highest BCUT2D eigenvalue weighted by atomic mass is 16.6. The van der Waals surface area contributed by atoms with Gasteiger partial charge in [-0.05, 0) is 128 Å². The van der Waals surface area contributed by atoms with Gasteiger partial charge in [0.1, 0.15) is 22.4 Å². The minimum atomic E-state index is -0.665. The zero-order valence-corrected chi connectivity index (χ0v) is 32.3. The lowest BCUT2D eigenvalue weighted by molar-refractivity contribution is 0.0180. The zero-order chi connectivity index (χ0) is 37.2. The molecule has 0 saturated carbocycles. The first-order valence-corrected chi connectivity index (χ1v) is 17.5. The molecule has 0 unspecified atom stereocenters. The Morgan fingerprint density at radius 1 is 0.458 bits per heavy atom. The van der Waals surface area contributed by atoms with Crippen LogP contribution >= 0.6 is 0 Å². The number of rotatable bonds is 18. The summed E-state index contributed by atoms with van der Waals surface area (Å²) in [5, 5.41) is 2.72. The quantitative estimate of drug-likeness (QED) is 0.116. The smallest absolute Gasteiger partial charge is 0.410 e. The van der Waals surface area contributed by atoms with Crippen LogP contribution in [0.25, 0.3) is 0 Å². The van der Waals surface area contributed by atoms with Crippen LogP contribution in [0.4, 0.5) is 19.2 Å². The Morgan fingerprint density at radius 3 is 1.10 bits per heavy atom. The van der Waals surface area contributed by atoms with Crippen LogP contribution in [0.3, 0.4) is 0 Å². The number of amides is 4. The fourth-order valence-corrected chi connectivity index (χ4v) is 4.32. The molecule has 48 heavy (non-hydrogen) atoms. The third-order valence-electron chi connectivity index (χ3n) is 6.32. The minimum absolute atomic E-state index is 0.341. The summed E-state index contributed by atoms with van der Waals surface area (Å²) in [5.74, 6) is 0. The molecule has 0 rings (SSSR count). The Hall–Kier alpha value is -2.96. The normalized spacial score (nSPS) is 12.2. The summed E-state index contributed by atoms with van der Waals surface area (Å²) >= 11 is 0. The van der Waals surface area contributed by atoms with Gasteiger partial charge in [-0.25, -0.2) is 19.2 Å². The highest BCUT2D eigenvalue weighted by Gasteiger charge is 2.26. The molecule has 13 heteroatoms. The average molecular weight is 688 g/mol. The van der Waals surface area contributed by atoms with E-state index in [1.165, 1.54) is 0 Å². The van der Waals surface area contributed by atoms with Crippen molar-refractivity contribution >= 4 is 24.4 Å². The average Bonchev–Trinajstić information content (AvgIpc) is 2.88. The number of hydrogen-bond acceptors (Lipinski definition) is 9. The van der Waals surface area contributed by atoms with E-state index in [2.05, 4.69) is 5.32 Å². The molecule has 0 bridgehead atoms. The largest absolute Gasteiger partial charge is 0.444 e. The molecular weight excluding hydrogens is 618 g/mol. The van der Waals surface area contributed by atoms with E-state index in [0.717, 1.165) is 19.3 Å². The van der Waals surface area contributed by atoms with Crippen LogP contribution in [0.1, 0.15) is 128 Å². The second kappa shape index (κ2) is 21.2. The molecule has 0 heterocycles. The molecule has 0 aliphatic heterocycles. The third-order valence-corrected chi connectivity index (χ3v) is 6.32. The first-order valence-electron chi connectivity index (χ1n) is 17.5. The highest BCUT2D eigenvalue weighted by molar-refractivity contribution is 5.69. The molecule has 13 nitrogen and oxygen atoms in total. The Kier molecular flexibility index (Phi) is 19.9. The van der Waals surface area contributed by atoms with E-state index in [0.29, 0.717) is 78.0 Å². The Balaban J connectivity index is 5.37.